The molecule has 0 bridgehead atoms. The summed E-state index contributed by atoms with van der Waals surface area (Å²) in [6.07, 6.45) is 1.12. The molecule has 0 aliphatic heterocycles. The highest BCUT2D eigenvalue weighted by atomic mass is 19.1. The minimum atomic E-state index is -0.233. The number of hydrogen-bond donors (Lipinski definition) is 1. The average Bonchev–Trinajstić information content (AvgIpc) is 2.46. The van der Waals surface area contributed by atoms with Crippen LogP contribution in [0.5, 0.6) is 5.75 Å². The van der Waals surface area contributed by atoms with Gasteiger partial charge in [-0.25, -0.2) is 4.39 Å². The van der Waals surface area contributed by atoms with Crippen molar-refractivity contribution in [2.45, 2.75) is 26.5 Å². The molecule has 3 heteroatoms. The minimum absolute atomic E-state index is 0.233. The first-order valence-electron chi connectivity index (χ1n) is 6.95. The van der Waals surface area contributed by atoms with E-state index in [0.717, 1.165) is 30.8 Å². The smallest absolute Gasteiger partial charge is 0.123 e. The zero-order valence-electron chi connectivity index (χ0n) is 11.7. The molecule has 2 aromatic rings. The fourth-order valence-corrected chi connectivity index (χ4v) is 1.95. The highest BCUT2D eigenvalue weighted by molar-refractivity contribution is 5.29. The minimum Gasteiger partial charge on any atom is -0.489 e. The first kappa shape index (κ1) is 14.5. The molecule has 0 aliphatic carbocycles. The van der Waals surface area contributed by atoms with Crippen LogP contribution in [-0.2, 0) is 13.2 Å². The van der Waals surface area contributed by atoms with E-state index in [9.17, 15) is 4.39 Å². The van der Waals surface area contributed by atoms with Crippen LogP contribution in [0.3, 0.4) is 0 Å². The van der Waals surface area contributed by atoms with Crippen LogP contribution < -0.4 is 10.1 Å². The van der Waals surface area contributed by atoms with Crippen molar-refractivity contribution in [3.05, 3.63) is 65.5 Å². The summed E-state index contributed by atoms with van der Waals surface area (Å²) in [5.41, 5.74) is 2.02. The van der Waals surface area contributed by atoms with Gasteiger partial charge in [-0.2, -0.15) is 0 Å². The van der Waals surface area contributed by atoms with Crippen molar-refractivity contribution in [3.63, 3.8) is 0 Å². The quantitative estimate of drug-likeness (QED) is 0.772. The predicted octanol–water partition coefficient (Wildman–Crippen LogP) is 3.90. The molecule has 0 aromatic heterocycles. The van der Waals surface area contributed by atoms with Crippen molar-refractivity contribution in [2.24, 2.45) is 0 Å². The third kappa shape index (κ3) is 4.67. The highest BCUT2D eigenvalue weighted by Crippen LogP contribution is 2.15. The largest absolute Gasteiger partial charge is 0.489 e. The lowest BCUT2D eigenvalue weighted by molar-refractivity contribution is 0.305. The number of hydrogen-bond acceptors (Lipinski definition) is 2. The zero-order chi connectivity index (χ0) is 14.2. The molecule has 106 valence electrons. The Hall–Kier alpha value is -1.87. The van der Waals surface area contributed by atoms with Gasteiger partial charge in [0, 0.05) is 6.54 Å². The first-order valence-corrected chi connectivity index (χ1v) is 6.95. The summed E-state index contributed by atoms with van der Waals surface area (Å²) in [4.78, 5) is 0. The standard InChI is InChI=1S/C17H20FNO/c1-2-9-19-12-14-5-4-8-17(11-14)20-13-15-6-3-7-16(18)10-15/h3-8,10-11,19H,2,9,12-13H2,1H3. The Morgan fingerprint density at radius 3 is 2.65 bits per heavy atom. The summed E-state index contributed by atoms with van der Waals surface area (Å²) in [5, 5.41) is 3.35. The van der Waals surface area contributed by atoms with Crippen LogP contribution in [0.1, 0.15) is 24.5 Å². The SMILES string of the molecule is CCCNCc1cccc(OCc2cccc(F)c2)c1. The van der Waals surface area contributed by atoms with Crippen molar-refractivity contribution in [2.75, 3.05) is 6.54 Å². The van der Waals surface area contributed by atoms with Gasteiger partial charge in [0.1, 0.15) is 18.2 Å². The summed E-state index contributed by atoms with van der Waals surface area (Å²) in [5.74, 6) is 0.577. The second-order valence-corrected chi connectivity index (χ2v) is 4.74. The Morgan fingerprint density at radius 2 is 1.85 bits per heavy atom. The van der Waals surface area contributed by atoms with Gasteiger partial charge < -0.3 is 10.1 Å². The molecule has 2 aromatic carbocycles. The van der Waals surface area contributed by atoms with E-state index in [0.29, 0.717) is 6.61 Å². The van der Waals surface area contributed by atoms with Crippen molar-refractivity contribution < 1.29 is 9.13 Å². The Morgan fingerprint density at radius 1 is 1.05 bits per heavy atom. The molecule has 0 amide bonds. The Bertz CT molecular complexity index is 542. The maximum Gasteiger partial charge on any atom is 0.123 e. The third-order valence-corrected chi connectivity index (χ3v) is 2.95. The van der Waals surface area contributed by atoms with Gasteiger partial charge in [-0.15, -0.1) is 0 Å². The fraction of sp³-hybridized carbons (Fsp3) is 0.294. The van der Waals surface area contributed by atoms with Crippen LogP contribution in [0.2, 0.25) is 0 Å². The first-order chi connectivity index (χ1) is 9.78. The molecule has 0 spiro atoms. The van der Waals surface area contributed by atoms with Gasteiger partial charge in [-0.05, 0) is 48.4 Å². The second kappa shape index (κ2) is 7.65. The van der Waals surface area contributed by atoms with Gasteiger partial charge in [0.2, 0.25) is 0 Å². The van der Waals surface area contributed by atoms with E-state index in [1.165, 1.54) is 17.7 Å². The van der Waals surface area contributed by atoms with E-state index in [1.807, 2.05) is 24.3 Å². The molecule has 0 unspecified atom stereocenters. The molecule has 2 rings (SSSR count). The van der Waals surface area contributed by atoms with E-state index < -0.39 is 0 Å². The van der Waals surface area contributed by atoms with E-state index >= 15 is 0 Å². The number of ether oxygens (including phenoxy) is 1. The zero-order valence-corrected chi connectivity index (χ0v) is 11.7. The van der Waals surface area contributed by atoms with Crippen molar-refractivity contribution in [1.29, 1.82) is 0 Å². The van der Waals surface area contributed by atoms with E-state index in [2.05, 4.69) is 18.3 Å². The molecule has 0 aliphatic rings. The maximum absolute atomic E-state index is 13.1. The van der Waals surface area contributed by atoms with Crippen molar-refractivity contribution in [1.82, 2.24) is 5.32 Å². The van der Waals surface area contributed by atoms with Crippen LogP contribution in [0.25, 0.3) is 0 Å². The van der Waals surface area contributed by atoms with Crippen LogP contribution in [-0.4, -0.2) is 6.54 Å². The van der Waals surface area contributed by atoms with Crippen LogP contribution in [0.15, 0.2) is 48.5 Å². The molecular weight excluding hydrogens is 253 g/mol. The summed E-state index contributed by atoms with van der Waals surface area (Å²) < 4.78 is 18.8. The Labute approximate surface area is 119 Å². The van der Waals surface area contributed by atoms with Crippen molar-refractivity contribution in [3.8, 4) is 5.75 Å². The van der Waals surface area contributed by atoms with Gasteiger partial charge in [0.05, 0.1) is 0 Å². The predicted molar refractivity (Wildman–Crippen MR) is 79.2 cm³/mol. The lowest BCUT2D eigenvalue weighted by Gasteiger charge is -2.09. The molecule has 20 heavy (non-hydrogen) atoms. The van der Waals surface area contributed by atoms with E-state index in [1.54, 1.807) is 6.07 Å². The molecule has 0 saturated heterocycles. The summed E-state index contributed by atoms with van der Waals surface area (Å²) in [6, 6.07) is 14.5. The van der Waals surface area contributed by atoms with Crippen LogP contribution >= 0.6 is 0 Å². The molecule has 0 saturated carbocycles. The molecule has 0 heterocycles. The molecule has 1 N–H and O–H groups in total. The monoisotopic (exact) mass is 273 g/mol. The van der Waals surface area contributed by atoms with Gasteiger partial charge in [0.15, 0.2) is 0 Å². The molecule has 0 radical (unpaired) electrons. The summed E-state index contributed by atoms with van der Waals surface area (Å²) in [6.45, 7) is 4.37. The van der Waals surface area contributed by atoms with Crippen LogP contribution in [0, 0.1) is 5.82 Å². The normalized spacial score (nSPS) is 10.5. The lowest BCUT2D eigenvalue weighted by atomic mass is 10.2. The molecule has 0 atom stereocenters. The lowest BCUT2D eigenvalue weighted by Crippen LogP contribution is -2.13. The number of nitrogens with one attached hydrogen (secondary N) is 1. The van der Waals surface area contributed by atoms with E-state index in [4.69, 9.17) is 4.74 Å². The summed E-state index contributed by atoms with van der Waals surface area (Å²) >= 11 is 0. The maximum atomic E-state index is 13.1. The third-order valence-electron chi connectivity index (χ3n) is 2.95. The summed E-state index contributed by atoms with van der Waals surface area (Å²) in [7, 11) is 0. The van der Waals surface area contributed by atoms with Gasteiger partial charge >= 0.3 is 0 Å². The fourth-order valence-electron chi connectivity index (χ4n) is 1.95. The Balaban J connectivity index is 1.91. The number of rotatable bonds is 7. The van der Waals surface area contributed by atoms with Gasteiger partial charge in [0.25, 0.3) is 0 Å². The molecular formula is C17H20FNO. The molecule has 0 fully saturated rings. The second-order valence-electron chi connectivity index (χ2n) is 4.74. The Kier molecular flexibility index (Phi) is 5.56. The average molecular weight is 273 g/mol. The van der Waals surface area contributed by atoms with Gasteiger partial charge in [-0.3, -0.25) is 0 Å². The van der Waals surface area contributed by atoms with E-state index in [-0.39, 0.29) is 5.82 Å². The molecule has 2 nitrogen and oxygen atoms in total. The topological polar surface area (TPSA) is 21.3 Å². The number of benzene rings is 2. The van der Waals surface area contributed by atoms with Gasteiger partial charge in [-0.1, -0.05) is 31.2 Å². The number of halogens is 1. The van der Waals surface area contributed by atoms with Crippen molar-refractivity contribution >= 4 is 0 Å². The van der Waals surface area contributed by atoms with Crippen LogP contribution in [0.4, 0.5) is 4.39 Å². The highest BCUT2D eigenvalue weighted by Gasteiger charge is 1.99.